The Morgan fingerprint density at radius 1 is 1.17 bits per heavy atom. The number of aliphatic hydroxyl groups excluding tert-OH is 1. The summed E-state index contributed by atoms with van der Waals surface area (Å²) in [5, 5.41) is 10.8. The summed E-state index contributed by atoms with van der Waals surface area (Å²) in [6.45, 7) is 20.5. The number of benzene rings is 1. The first-order valence-corrected chi connectivity index (χ1v) is 15.9. The molecule has 0 radical (unpaired) electrons. The van der Waals surface area contributed by atoms with E-state index in [1.165, 1.54) is 0 Å². The molecule has 2 unspecified atom stereocenters. The summed E-state index contributed by atoms with van der Waals surface area (Å²) in [5.74, 6) is -2.21. The predicted octanol–water partition coefficient (Wildman–Crippen LogP) is 5.55. The Morgan fingerprint density at radius 3 is 2.40 bits per heavy atom. The lowest BCUT2D eigenvalue weighted by atomic mass is 9.66. The lowest BCUT2D eigenvalue weighted by molar-refractivity contribution is -0.156. The van der Waals surface area contributed by atoms with Gasteiger partial charge in [-0.15, -0.1) is 24.9 Å². The number of fused-ring (bicyclic) bond motifs is 1. The van der Waals surface area contributed by atoms with Gasteiger partial charge in [0.2, 0.25) is 11.8 Å². The highest BCUT2D eigenvalue weighted by Gasteiger charge is 2.78. The van der Waals surface area contributed by atoms with Crippen LogP contribution in [0.4, 0.5) is 0 Å². The highest BCUT2D eigenvalue weighted by atomic mass is 32.2. The molecule has 3 fully saturated rings. The van der Waals surface area contributed by atoms with Crippen molar-refractivity contribution in [2.24, 2.45) is 17.3 Å². The maximum Gasteiger partial charge on any atom is 0.311 e. The van der Waals surface area contributed by atoms with Gasteiger partial charge >= 0.3 is 5.97 Å². The number of aliphatic hydroxyl groups is 1. The predicted molar refractivity (Wildman–Crippen MR) is 168 cm³/mol. The molecule has 8 heteroatoms. The van der Waals surface area contributed by atoms with Gasteiger partial charge in [-0.25, -0.2) is 0 Å². The van der Waals surface area contributed by atoms with E-state index in [0.29, 0.717) is 25.8 Å². The molecule has 1 spiro atoms. The average Bonchev–Trinajstić information content (AvgIpc) is 3.47. The van der Waals surface area contributed by atoms with E-state index >= 15 is 4.79 Å². The van der Waals surface area contributed by atoms with E-state index in [0.717, 1.165) is 12.0 Å². The number of rotatable bonds is 12. The topological polar surface area (TPSA) is 87.1 Å². The van der Waals surface area contributed by atoms with Crippen molar-refractivity contribution in [3.8, 4) is 0 Å². The lowest BCUT2D eigenvalue weighted by Gasteiger charge is -2.46. The molecule has 42 heavy (non-hydrogen) atoms. The second-order valence-corrected chi connectivity index (χ2v) is 16.0. The maximum absolute atomic E-state index is 15.1. The summed E-state index contributed by atoms with van der Waals surface area (Å²) in [6.07, 6.45) is 6.02. The van der Waals surface area contributed by atoms with Crippen molar-refractivity contribution in [1.29, 1.82) is 0 Å². The largest absolute Gasteiger partial charge is 0.465 e. The Hall–Kier alpha value is -2.58. The molecule has 3 saturated heterocycles. The van der Waals surface area contributed by atoms with Gasteiger partial charge in [0.1, 0.15) is 6.04 Å². The van der Waals surface area contributed by atoms with Gasteiger partial charge in [-0.1, -0.05) is 63.3 Å². The highest BCUT2D eigenvalue weighted by Crippen LogP contribution is 2.72. The summed E-state index contributed by atoms with van der Waals surface area (Å²) in [5.41, 5.74) is 0.159. The minimum atomic E-state index is -0.857. The fraction of sp³-hybridized carbons (Fsp3) is 0.618. The van der Waals surface area contributed by atoms with Crippen molar-refractivity contribution in [3.63, 3.8) is 0 Å². The molecule has 7 nitrogen and oxygen atoms in total. The van der Waals surface area contributed by atoms with Crippen LogP contribution in [0.25, 0.3) is 0 Å². The number of ether oxygens (including phenoxy) is 1. The molecule has 3 heterocycles. The van der Waals surface area contributed by atoms with Crippen LogP contribution in [0, 0.1) is 17.3 Å². The van der Waals surface area contributed by atoms with Crippen LogP contribution in [-0.2, 0) is 19.1 Å². The van der Waals surface area contributed by atoms with Crippen LogP contribution in [0.2, 0.25) is 0 Å². The van der Waals surface area contributed by atoms with Crippen molar-refractivity contribution in [1.82, 2.24) is 9.80 Å². The number of esters is 1. The monoisotopic (exact) mass is 596 g/mol. The molecule has 2 amide bonds. The van der Waals surface area contributed by atoms with Crippen LogP contribution in [0.15, 0.2) is 55.6 Å². The Bertz CT molecular complexity index is 1210. The zero-order chi connectivity index (χ0) is 31.1. The van der Waals surface area contributed by atoms with Crippen molar-refractivity contribution in [2.75, 3.05) is 19.8 Å². The van der Waals surface area contributed by atoms with Crippen LogP contribution in [0.3, 0.4) is 0 Å². The third kappa shape index (κ3) is 5.57. The number of carbonyl (C=O) groups excluding carboxylic acids is 3. The third-order valence-corrected chi connectivity index (χ3v) is 11.2. The summed E-state index contributed by atoms with van der Waals surface area (Å²) in [6, 6.07) is 7.78. The molecule has 230 valence electrons. The van der Waals surface area contributed by atoms with Crippen molar-refractivity contribution >= 4 is 29.5 Å². The third-order valence-electron chi connectivity index (χ3n) is 9.23. The Morgan fingerprint density at radius 2 is 1.83 bits per heavy atom. The standard InChI is InChI=1S/C34H48N2O5S/c1-9-11-20-41-30(40)26-25-28(38)36(24(21-37)23-15-13-12-14-16-23)27(34(25)18-17-33(26,8)42-34)29(39)35(19-10-2)32(6,7)22-31(3,4)5/h9-10,12-16,24-27,37H,1-2,11,17-22H2,3-8H3/t24-,25+,26-,27?,33+,34?/m1/s1. The molecule has 3 aliphatic rings. The molecule has 0 aromatic heterocycles. The molecular formula is C34H48N2O5S. The fourth-order valence-electron chi connectivity index (χ4n) is 8.00. The normalized spacial score (nSPS) is 29.3. The maximum atomic E-state index is 15.1. The molecule has 2 bridgehead atoms. The first-order valence-electron chi connectivity index (χ1n) is 15.1. The second kappa shape index (κ2) is 11.8. The van der Waals surface area contributed by atoms with E-state index in [9.17, 15) is 14.7 Å². The minimum absolute atomic E-state index is 0.0544. The summed E-state index contributed by atoms with van der Waals surface area (Å²) >= 11 is 1.62. The molecule has 3 aliphatic heterocycles. The summed E-state index contributed by atoms with van der Waals surface area (Å²) in [7, 11) is 0. The molecule has 0 aliphatic carbocycles. The van der Waals surface area contributed by atoms with E-state index in [1.54, 1.807) is 28.8 Å². The molecular weight excluding hydrogens is 548 g/mol. The van der Waals surface area contributed by atoms with Gasteiger partial charge < -0.3 is 19.6 Å². The first-order chi connectivity index (χ1) is 19.7. The van der Waals surface area contributed by atoms with Crippen molar-refractivity contribution < 1.29 is 24.2 Å². The molecule has 0 saturated carbocycles. The minimum Gasteiger partial charge on any atom is -0.465 e. The Kier molecular flexibility index (Phi) is 9.11. The van der Waals surface area contributed by atoms with E-state index in [4.69, 9.17) is 4.74 Å². The molecule has 4 rings (SSSR count). The van der Waals surface area contributed by atoms with Crippen LogP contribution >= 0.6 is 11.8 Å². The molecule has 1 aromatic rings. The van der Waals surface area contributed by atoms with Gasteiger partial charge in [0, 0.05) is 16.8 Å². The van der Waals surface area contributed by atoms with Gasteiger partial charge in [-0.05, 0) is 57.4 Å². The molecule has 1 N–H and O–H groups in total. The smallest absolute Gasteiger partial charge is 0.311 e. The Balaban J connectivity index is 1.86. The number of thioether (sulfide) groups is 1. The van der Waals surface area contributed by atoms with Crippen LogP contribution in [0.1, 0.15) is 78.8 Å². The SMILES string of the molecule is C=CCCOC(=O)[C@H]1[C@H]2C(=O)N([C@H](CO)c3ccccc3)C(C(=O)N(CC=C)C(C)(C)CC(C)(C)C)C23CC[C@]1(C)S3. The van der Waals surface area contributed by atoms with Gasteiger partial charge in [-0.3, -0.25) is 14.4 Å². The summed E-state index contributed by atoms with van der Waals surface area (Å²) in [4.78, 5) is 46.9. The Labute approximate surface area is 255 Å². The summed E-state index contributed by atoms with van der Waals surface area (Å²) < 4.78 is 4.34. The van der Waals surface area contributed by atoms with Crippen molar-refractivity contribution in [2.45, 2.75) is 94.3 Å². The van der Waals surface area contributed by atoms with Gasteiger partial charge in [0.15, 0.2) is 0 Å². The zero-order valence-electron chi connectivity index (χ0n) is 26.1. The van der Waals surface area contributed by atoms with E-state index in [2.05, 4.69) is 47.8 Å². The number of nitrogens with zero attached hydrogens (tertiary/aromatic N) is 2. The van der Waals surface area contributed by atoms with Gasteiger partial charge in [0.25, 0.3) is 0 Å². The first kappa shape index (κ1) is 32.3. The fourth-order valence-corrected chi connectivity index (χ4v) is 10.3. The van der Waals surface area contributed by atoms with Crippen molar-refractivity contribution in [3.05, 3.63) is 61.2 Å². The van der Waals surface area contributed by atoms with Crippen LogP contribution in [-0.4, -0.2) is 73.5 Å². The number of amides is 2. The number of hydrogen-bond acceptors (Lipinski definition) is 6. The second-order valence-electron chi connectivity index (χ2n) is 14.1. The van der Waals surface area contributed by atoms with E-state index in [-0.39, 0.29) is 30.4 Å². The number of carbonyl (C=O) groups is 3. The van der Waals surface area contributed by atoms with Gasteiger partial charge in [-0.2, -0.15) is 0 Å². The van der Waals surface area contributed by atoms with Gasteiger partial charge in [0.05, 0.1) is 35.8 Å². The molecule has 1 aromatic carbocycles. The molecule has 6 atom stereocenters. The lowest BCUT2D eigenvalue weighted by Crippen LogP contribution is -2.60. The van der Waals surface area contributed by atoms with E-state index < -0.39 is 44.9 Å². The van der Waals surface area contributed by atoms with Crippen LogP contribution in [0.5, 0.6) is 0 Å². The highest BCUT2D eigenvalue weighted by molar-refractivity contribution is 8.02. The van der Waals surface area contributed by atoms with Crippen LogP contribution < -0.4 is 0 Å². The quantitative estimate of drug-likeness (QED) is 0.193. The zero-order valence-corrected chi connectivity index (χ0v) is 26.9. The average molecular weight is 597 g/mol. The number of likely N-dealkylation sites (tertiary alicyclic amines) is 1. The van der Waals surface area contributed by atoms with E-state index in [1.807, 2.05) is 42.2 Å². The number of hydrogen-bond donors (Lipinski definition) is 1.